The van der Waals surface area contributed by atoms with E-state index < -0.39 is 30.6 Å². The quantitative estimate of drug-likeness (QED) is 0.787. The average Bonchev–Trinajstić information content (AvgIpc) is 2.52. The van der Waals surface area contributed by atoms with Crippen molar-refractivity contribution in [1.29, 1.82) is 0 Å². The second kappa shape index (κ2) is 7.40. The molecule has 0 saturated carbocycles. The molecule has 0 radical (unpaired) electrons. The number of benzene rings is 1. The van der Waals surface area contributed by atoms with Crippen molar-refractivity contribution in [2.75, 3.05) is 6.61 Å². The lowest BCUT2D eigenvalue weighted by Gasteiger charge is -2.32. The number of fused-ring (bicyclic) bond motifs is 1. The number of ether oxygens (including phenoxy) is 1. The van der Waals surface area contributed by atoms with E-state index in [0.29, 0.717) is 0 Å². The Morgan fingerprint density at radius 2 is 1.96 bits per heavy atom. The predicted molar refractivity (Wildman–Crippen MR) is 84.0 cm³/mol. The zero-order valence-corrected chi connectivity index (χ0v) is 13.0. The van der Waals surface area contributed by atoms with Gasteiger partial charge in [-0.2, -0.15) is 0 Å². The molecule has 1 aliphatic rings. The third-order valence-electron chi connectivity index (χ3n) is 3.46. The van der Waals surface area contributed by atoms with Gasteiger partial charge in [0.1, 0.15) is 0 Å². The molecule has 8 heteroatoms. The number of esters is 1. The summed E-state index contributed by atoms with van der Waals surface area (Å²) < 4.78 is 4.83. The van der Waals surface area contributed by atoms with E-state index in [0.717, 1.165) is 11.1 Å². The molecule has 1 aliphatic heterocycles. The van der Waals surface area contributed by atoms with Crippen molar-refractivity contribution in [2.45, 2.75) is 19.4 Å². The van der Waals surface area contributed by atoms with Gasteiger partial charge in [0.15, 0.2) is 6.61 Å². The van der Waals surface area contributed by atoms with Gasteiger partial charge in [0.2, 0.25) is 5.91 Å². The number of carbonyl (C=O) groups excluding carboxylic acids is 4. The summed E-state index contributed by atoms with van der Waals surface area (Å²) in [5.74, 6) is -1.70. The fourth-order valence-electron chi connectivity index (χ4n) is 2.45. The van der Waals surface area contributed by atoms with Crippen LogP contribution in [0.5, 0.6) is 0 Å². The normalized spacial score (nSPS) is 15.4. The van der Waals surface area contributed by atoms with E-state index in [-0.39, 0.29) is 12.3 Å². The number of imide groups is 1. The predicted octanol–water partition coefficient (Wildman–Crippen LogP) is 0.689. The minimum atomic E-state index is -1.02. The van der Waals surface area contributed by atoms with Gasteiger partial charge in [-0.15, -0.1) is 0 Å². The van der Waals surface area contributed by atoms with Crippen LogP contribution in [-0.4, -0.2) is 35.3 Å². The Morgan fingerprint density at radius 1 is 1.25 bits per heavy atom. The number of hydrogen-bond acceptors (Lipinski definition) is 5. The molecule has 1 heterocycles. The standard InChI is InChI=1S/C16H17N3O5/c1-10(20)19-7-6-11-4-2-3-5-12(11)13(19)8-15(22)24-9-14(21)18-16(17)23/h2-7,13H,8-9H2,1H3,(H3,17,18,21,23)/t13-/m0/s1. The van der Waals surface area contributed by atoms with Gasteiger partial charge in [-0.1, -0.05) is 24.3 Å². The fourth-order valence-corrected chi connectivity index (χ4v) is 2.45. The number of nitrogens with zero attached hydrogens (tertiary/aromatic N) is 1. The van der Waals surface area contributed by atoms with Gasteiger partial charge in [-0.3, -0.25) is 19.7 Å². The maximum absolute atomic E-state index is 12.0. The van der Waals surface area contributed by atoms with Crippen molar-refractivity contribution in [3.8, 4) is 0 Å². The number of carbonyl (C=O) groups is 4. The number of rotatable bonds is 4. The molecule has 0 spiro atoms. The molecule has 1 aromatic rings. The molecule has 1 aromatic carbocycles. The first kappa shape index (κ1) is 17.2. The molecule has 8 nitrogen and oxygen atoms in total. The monoisotopic (exact) mass is 331 g/mol. The molecule has 0 fully saturated rings. The molecule has 0 unspecified atom stereocenters. The van der Waals surface area contributed by atoms with Crippen LogP contribution >= 0.6 is 0 Å². The van der Waals surface area contributed by atoms with Crippen molar-refractivity contribution in [3.05, 3.63) is 41.6 Å². The molecule has 0 aromatic heterocycles. The van der Waals surface area contributed by atoms with E-state index in [2.05, 4.69) is 0 Å². The van der Waals surface area contributed by atoms with Crippen molar-refractivity contribution in [3.63, 3.8) is 0 Å². The van der Waals surface area contributed by atoms with Crippen molar-refractivity contribution in [1.82, 2.24) is 10.2 Å². The number of amides is 4. The summed E-state index contributed by atoms with van der Waals surface area (Å²) in [6.45, 7) is 0.781. The molecule has 2 rings (SSSR count). The highest BCUT2D eigenvalue weighted by Gasteiger charge is 2.28. The van der Waals surface area contributed by atoms with Crippen LogP contribution in [0.15, 0.2) is 30.5 Å². The Labute approximate surface area is 138 Å². The Hall–Kier alpha value is -3.16. The Bertz CT molecular complexity index is 713. The van der Waals surface area contributed by atoms with Crippen molar-refractivity contribution in [2.24, 2.45) is 5.73 Å². The van der Waals surface area contributed by atoms with Crippen LogP contribution in [0.1, 0.15) is 30.5 Å². The Balaban J connectivity index is 2.06. The highest BCUT2D eigenvalue weighted by Crippen LogP contribution is 2.32. The first-order valence-electron chi connectivity index (χ1n) is 7.19. The molecule has 126 valence electrons. The van der Waals surface area contributed by atoms with Crippen LogP contribution in [-0.2, 0) is 19.1 Å². The van der Waals surface area contributed by atoms with E-state index in [1.54, 1.807) is 17.6 Å². The van der Waals surface area contributed by atoms with Gasteiger partial charge < -0.3 is 15.4 Å². The van der Waals surface area contributed by atoms with Crippen molar-refractivity contribution < 1.29 is 23.9 Å². The first-order chi connectivity index (χ1) is 11.4. The molecule has 24 heavy (non-hydrogen) atoms. The van der Waals surface area contributed by atoms with Gasteiger partial charge in [0.25, 0.3) is 5.91 Å². The number of nitrogens with one attached hydrogen (secondary N) is 1. The molecule has 4 amide bonds. The minimum absolute atomic E-state index is 0.120. The number of hydrogen-bond donors (Lipinski definition) is 2. The first-order valence-corrected chi connectivity index (χ1v) is 7.19. The van der Waals surface area contributed by atoms with Crippen LogP contribution in [0.3, 0.4) is 0 Å². The van der Waals surface area contributed by atoms with Gasteiger partial charge in [-0.05, 0) is 17.2 Å². The van der Waals surface area contributed by atoms with Crippen molar-refractivity contribution >= 4 is 29.9 Å². The average molecular weight is 331 g/mol. The van der Waals surface area contributed by atoms with E-state index in [1.807, 2.05) is 24.3 Å². The summed E-state index contributed by atoms with van der Waals surface area (Å²) in [4.78, 5) is 47.0. The van der Waals surface area contributed by atoms with Gasteiger partial charge in [0, 0.05) is 13.1 Å². The summed E-state index contributed by atoms with van der Waals surface area (Å²) in [6, 6.07) is 5.83. The molecular weight excluding hydrogens is 314 g/mol. The molecule has 0 saturated heterocycles. The summed E-state index contributed by atoms with van der Waals surface area (Å²) in [5.41, 5.74) is 6.51. The SMILES string of the molecule is CC(=O)N1C=Cc2ccccc2[C@@H]1CC(=O)OCC(=O)NC(N)=O. The largest absolute Gasteiger partial charge is 0.455 e. The van der Waals surface area contributed by atoms with E-state index in [4.69, 9.17) is 10.5 Å². The lowest BCUT2D eigenvalue weighted by Crippen LogP contribution is -2.38. The zero-order valence-electron chi connectivity index (χ0n) is 13.0. The van der Waals surface area contributed by atoms with Crippen LogP contribution in [0.2, 0.25) is 0 Å². The van der Waals surface area contributed by atoms with Crippen LogP contribution in [0.4, 0.5) is 4.79 Å². The molecule has 3 N–H and O–H groups in total. The molecule has 0 aliphatic carbocycles. The highest BCUT2D eigenvalue weighted by molar-refractivity contribution is 5.94. The second-order valence-corrected chi connectivity index (χ2v) is 5.16. The summed E-state index contributed by atoms with van der Waals surface area (Å²) in [7, 11) is 0. The second-order valence-electron chi connectivity index (χ2n) is 5.16. The summed E-state index contributed by atoms with van der Waals surface area (Å²) in [6.07, 6.45) is 3.28. The minimum Gasteiger partial charge on any atom is -0.455 e. The van der Waals surface area contributed by atoms with Crippen LogP contribution < -0.4 is 11.1 Å². The van der Waals surface area contributed by atoms with E-state index >= 15 is 0 Å². The number of primary amides is 1. The topological polar surface area (TPSA) is 119 Å². The number of nitrogens with two attached hydrogens (primary N) is 1. The van der Waals surface area contributed by atoms with Gasteiger partial charge >= 0.3 is 12.0 Å². The summed E-state index contributed by atoms with van der Waals surface area (Å²) >= 11 is 0. The van der Waals surface area contributed by atoms with Gasteiger partial charge in [-0.25, -0.2) is 4.79 Å². The highest BCUT2D eigenvalue weighted by atomic mass is 16.5. The molecule has 0 bridgehead atoms. The molecular formula is C16H17N3O5. The van der Waals surface area contributed by atoms with E-state index in [9.17, 15) is 19.2 Å². The maximum Gasteiger partial charge on any atom is 0.318 e. The smallest absolute Gasteiger partial charge is 0.318 e. The maximum atomic E-state index is 12.0. The van der Waals surface area contributed by atoms with Gasteiger partial charge in [0.05, 0.1) is 12.5 Å². The lowest BCUT2D eigenvalue weighted by atomic mass is 9.94. The third-order valence-corrected chi connectivity index (χ3v) is 3.46. The summed E-state index contributed by atoms with van der Waals surface area (Å²) in [5, 5.41) is 1.79. The molecule has 1 atom stereocenters. The Morgan fingerprint density at radius 3 is 2.62 bits per heavy atom. The fraction of sp³-hybridized carbons (Fsp3) is 0.250. The number of urea groups is 1. The Kier molecular flexibility index (Phi) is 5.31. The lowest BCUT2D eigenvalue weighted by molar-refractivity contribution is -0.149. The van der Waals surface area contributed by atoms with Crippen LogP contribution in [0.25, 0.3) is 6.08 Å². The van der Waals surface area contributed by atoms with Crippen LogP contribution in [0, 0.1) is 0 Å². The third kappa shape index (κ3) is 4.19. The zero-order chi connectivity index (χ0) is 17.7. The van der Waals surface area contributed by atoms with E-state index in [1.165, 1.54) is 11.8 Å².